The van der Waals surface area contributed by atoms with Crippen LogP contribution in [0.15, 0.2) is 25.3 Å². The van der Waals surface area contributed by atoms with Crippen LogP contribution in [0.25, 0.3) is 0 Å². The van der Waals surface area contributed by atoms with Crippen LogP contribution >= 0.6 is 11.8 Å². The number of thioether (sulfide) groups is 1. The first-order valence-electron chi connectivity index (χ1n) is 15.0. The Labute approximate surface area is 243 Å². The van der Waals surface area contributed by atoms with Crippen molar-refractivity contribution in [2.45, 2.75) is 61.5 Å². The minimum Gasteiger partial charge on any atom is -0.396 e. The van der Waals surface area contributed by atoms with Crippen LogP contribution in [0.2, 0.25) is 0 Å². The summed E-state index contributed by atoms with van der Waals surface area (Å²) < 4.78 is 4.46. The van der Waals surface area contributed by atoms with Crippen molar-refractivity contribution in [3.8, 4) is 0 Å². The summed E-state index contributed by atoms with van der Waals surface area (Å²) in [6, 6.07) is -0.628. The monoisotopic (exact) mass is 576 g/mol. The second-order valence-electron chi connectivity index (χ2n) is 11.8. The maximum atomic E-state index is 14.5. The maximum absolute atomic E-state index is 14.5. The molecule has 2 bridgehead atoms. The lowest BCUT2D eigenvalue weighted by atomic mass is 9.66. The first-order chi connectivity index (χ1) is 19.3. The van der Waals surface area contributed by atoms with Crippen molar-refractivity contribution in [2.75, 3.05) is 72.2 Å². The van der Waals surface area contributed by atoms with E-state index >= 15 is 0 Å². The summed E-state index contributed by atoms with van der Waals surface area (Å²) in [6.07, 6.45) is 7.04. The zero-order valence-electron chi connectivity index (χ0n) is 24.4. The van der Waals surface area contributed by atoms with E-state index in [1.54, 1.807) is 28.8 Å². The van der Waals surface area contributed by atoms with Crippen molar-refractivity contribution in [1.29, 1.82) is 0 Å². The van der Waals surface area contributed by atoms with Crippen LogP contribution in [-0.4, -0.2) is 130 Å². The topological polar surface area (TPSA) is 93.6 Å². The van der Waals surface area contributed by atoms with Gasteiger partial charge in [-0.2, -0.15) is 0 Å². The molecule has 1 spiro atoms. The number of hydrogen-bond donors (Lipinski definition) is 1. The molecule has 0 aromatic carbocycles. The number of aliphatic hydroxyl groups is 1. The zero-order chi connectivity index (χ0) is 28.9. The minimum absolute atomic E-state index is 0.00958. The molecule has 4 aliphatic heterocycles. The van der Waals surface area contributed by atoms with Gasteiger partial charge >= 0.3 is 0 Å². The molecule has 10 heteroatoms. The number of ether oxygens (including phenoxy) is 1. The molecule has 4 aliphatic rings. The van der Waals surface area contributed by atoms with Crippen molar-refractivity contribution < 1.29 is 24.2 Å². The van der Waals surface area contributed by atoms with E-state index in [2.05, 4.69) is 25.0 Å². The first kappa shape index (κ1) is 31.1. The number of likely N-dealkylation sites (tertiary alicyclic amines) is 1. The largest absolute Gasteiger partial charge is 0.396 e. The number of fused-ring (bicyclic) bond motifs is 1. The Morgan fingerprint density at radius 2 is 1.75 bits per heavy atom. The molecule has 4 heterocycles. The molecule has 4 rings (SSSR count). The number of carbonyl (C=O) groups is 3. The number of unbranched alkanes of at least 4 members (excludes halogenated alkanes) is 1. The fourth-order valence-corrected chi connectivity index (χ4v) is 9.68. The lowest BCUT2D eigenvalue weighted by Crippen LogP contribution is -2.56. The molecule has 0 radical (unpaired) electrons. The first-order valence-corrected chi connectivity index (χ1v) is 15.8. The summed E-state index contributed by atoms with van der Waals surface area (Å²) in [5.74, 6) is -1.11. The van der Waals surface area contributed by atoms with Gasteiger partial charge in [0.15, 0.2) is 0 Å². The van der Waals surface area contributed by atoms with Crippen molar-refractivity contribution in [2.24, 2.45) is 11.8 Å². The highest BCUT2D eigenvalue weighted by atomic mass is 32.2. The van der Waals surface area contributed by atoms with E-state index in [1.165, 1.54) is 0 Å². The normalized spacial score (nSPS) is 31.3. The summed E-state index contributed by atoms with van der Waals surface area (Å²) >= 11 is 1.72. The smallest absolute Gasteiger partial charge is 0.247 e. The van der Waals surface area contributed by atoms with E-state index in [0.29, 0.717) is 58.8 Å². The third-order valence-corrected chi connectivity index (χ3v) is 11.2. The summed E-state index contributed by atoms with van der Waals surface area (Å²) in [5.41, 5.74) is 0. The highest BCUT2D eigenvalue weighted by Gasteiger charge is 2.77. The number of aliphatic hydroxyl groups excluding tert-OH is 1. The maximum Gasteiger partial charge on any atom is 0.247 e. The second-order valence-corrected chi connectivity index (χ2v) is 13.7. The molecule has 0 aromatic heterocycles. The molecular formula is C30H48N4O5S. The van der Waals surface area contributed by atoms with Gasteiger partial charge in [0.1, 0.15) is 6.04 Å². The average Bonchev–Trinajstić information content (AvgIpc) is 3.51. The van der Waals surface area contributed by atoms with Crippen molar-refractivity contribution in [3.05, 3.63) is 25.3 Å². The van der Waals surface area contributed by atoms with Gasteiger partial charge in [0.05, 0.1) is 29.8 Å². The van der Waals surface area contributed by atoms with Crippen LogP contribution in [0.1, 0.15) is 46.0 Å². The zero-order valence-corrected chi connectivity index (χ0v) is 25.2. The quantitative estimate of drug-likeness (QED) is 0.236. The number of hydrogen-bond acceptors (Lipinski definition) is 7. The lowest BCUT2D eigenvalue weighted by molar-refractivity contribution is -0.145. The molecule has 9 nitrogen and oxygen atoms in total. The van der Waals surface area contributed by atoms with E-state index in [9.17, 15) is 19.5 Å². The molecular weight excluding hydrogens is 528 g/mol. The van der Waals surface area contributed by atoms with Crippen LogP contribution in [0, 0.1) is 11.8 Å². The number of nitrogens with zero attached hydrogens (tertiary/aromatic N) is 4. The molecule has 0 saturated carbocycles. The van der Waals surface area contributed by atoms with E-state index in [4.69, 9.17) is 4.74 Å². The molecule has 2 unspecified atom stereocenters. The molecule has 5 atom stereocenters. The Balaban J connectivity index is 1.66. The molecule has 0 aliphatic carbocycles. The van der Waals surface area contributed by atoms with Gasteiger partial charge in [-0.25, -0.2) is 0 Å². The second kappa shape index (κ2) is 13.4. The summed E-state index contributed by atoms with van der Waals surface area (Å²) in [7, 11) is 0. The summed E-state index contributed by atoms with van der Waals surface area (Å²) in [4.78, 5) is 50.7. The van der Waals surface area contributed by atoms with Gasteiger partial charge in [0.25, 0.3) is 0 Å². The predicted molar refractivity (Wildman–Crippen MR) is 158 cm³/mol. The Hall–Kier alpha value is -1.88. The average molecular weight is 577 g/mol. The van der Waals surface area contributed by atoms with Crippen LogP contribution in [0.3, 0.4) is 0 Å². The van der Waals surface area contributed by atoms with Crippen molar-refractivity contribution in [3.63, 3.8) is 0 Å². The van der Waals surface area contributed by atoms with Gasteiger partial charge in [-0.3, -0.25) is 19.3 Å². The standard InChI is InChI=1S/C30H48N4O5S/c1-5-12-32(13-6-2)26(36)23-24-27(37)34(15-8-9-20-35)25(30(24)11-10-29(23,4)40-30)28(38)33(14-7-3)17-16-31-18-21-39-22-19-31/h5,7,23-25,35H,1,3,6,8-22H2,2,4H3/t23-,24-,25?,29+,30?/m0/s1. The number of rotatable bonds is 15. The Morgan fingerprint density at radius 3 is 2.38 bits per heavy atom. The number of carbonyl (C=O) groups excluding carboxylic acids is 3. The van der Waals surface area contributed by atoms with Crippen LogP contribution in [0.5, 0.6) is 0 Å². The van der Waals surface area contributed by atoms with Crippen LogP contribution < -0.4 is 0 Å². The minimum atomic E-state index is -0.632. The lowest BCUT2D eigenvalue weighted by Gasteiger charge is -2.38. The predicted octanol–water partition coefficient (Wildman–Crippen LogP) is 2.01. The van der Waals surface area contributed by atoms with E-state index in [1.807, 2.05) is 16.7 Å². The summed E-state index contributed by atoms with van der Waals surface area (Å²) in [6.45, 7) is 18.2. The van der Waals surface area contributed by atoms with E-state index in [-0.39, 0.29) is 24.3 Å². The number of amides is 3. The highest BCUT2D eigenvalue weighted by molar-refractivity contribution is 8.02. The van der Waals surface area contributed by atoms with Crippen molar-refractivity contribution in [1.82, 2.24) is 19.6 Å². The fraction of sp³-hybridized carbons (Fsp3) is 0.767. The molecule has 224 valence electrons. The van der Waals surface area contributed by atoms with Gasteiger partial charge in [0.2, 0.25) is 17.7 Å². The Morgan fingerprint density at radius 1 is 1.07 bits per heavy atom. The Kier molecular flexibility index (Phi) is 10.4. The molecule has 1 N–H and O–H groups in total. The molecule has 4 saturated heterocycles. The van der Waals surface area contributed by atoms with E-state index < -0.39 is 27.4 Å². The van der Waals surface area contributed by atoms with Gasteiger partial charge in [-0.05, 0) is 39.0 Å². The third kappa shape index (κ3) is 5.74. The molecule has 0 aromatic rings. The van der Waals surface area contributed by atoms with Gasteiger partial charge < -0.3 is 24.5 Å². The molecule has 4 fully saturated rings. The van der Waals surface area contributed by atoms with E-state index in [0.717, 1.165) is 38.9 Å². The third-order valence-electron chi connectivity index (χ3n) is 9.19. The van der Waals surface area contributed by atoms with Gasteiger partial charge in [0, 0.05) is 63.7 Å². The SMILES string of the molecule is C=CCN(CCN1CCOCC1)C(=O)C1N(CCCCO)C(=O)[C@@H]2[C@@H](C(=O)N(CC=C)CCC)[C@@]3(C)CCC12S3. The van der Waals surface area contributed by atoms with Crippen LogP contribution in [-0.2, 0) is 19.1 Å². The Bertz CT molecular complexity index is 958. The number of morpholine rings is 1. The van der Waals surface area contributed by atoms with Crippen LogP contribution in [0.4, 0.5) is 0 Å². The highest BCUT2D eigenvalue weighted by Crippen LogP contribution is 2.71. The van der Waals surface area contributed by atoms with Crippen molar-refractivity contribution >= 4 is 29.5 Å². The summed E-state index contributed by atoms with van der Waals surface area (Å²) in [5, 5.41) is 9.44. The molecule has 3 amide bonds. The van der Waals surface area contributed by atoms with Gasteiger partial charge in [-0.1, -0.05) is 19.1 Å². The van der Waals surface area contributed by atoms with Gasteiger partial charge in [-0.15, -0.1) is 24.9 Å². The molecule has 40 heavy (non-hydrogen) atoms. The fourth-order valence-electron chi connectivity index (χ4n) is 7.34.